The number of benzene rings is 1. The smallest absolute Gasteiger partial charge is 0.269 e. The van der Waals surface area contributed by atoms with E-state index in [0.29, 0.717) is 19.4 Å². The molecule has 0 amide bonds. The second kappa shape index (κ2) is 6.50. The second-order valence-electron chi connectivity index (χ2n) is 5.03. The highest BCUT2D eigenvalue weighted by molar-refractivity contribution is 7.89. The van der Waals surface area contributed by atoms with Crippen molar-refractivity contribution in [3.8, 4) is 0 Å². The first kappa shape index (κ1) is 15.9. The molecule has 0 spiro atoms. The Kier molecular flexibility index (Phi) is 4.92. The lowest BCUT2D eigenvalue weighted by Crippen LogP contribution is -2.35. The molecule has 1 aromatic rings. The number of hydrogen-bond acceptors (Lipinski definition) is 5. The van der Waals surface area contributed by atoms with Gasteiger partial charge in [0.1, 0.15) is 0 Å². The summed E-state index contributed by atoms with van der Waals surface area (Å²) < 4.78 is 26.6. The molecule has 1 atom stereocenters. The molecule has 1 aliphatic heterocycles. The standard InChI is InChI=1S/C13H18N2O5S/c16-10-2-4-11-3-1-9-14(11)21(19,20)13-7-5-12(6-8-13)15(17)18/h5-8,11,16H,1-4,9-10H2. The molecular formula is C13H18N2O5S. The van der Waals surface area contributed by atoms with Gasteiger partial charge in [-0.3, -0.25) is 10.1 Å². The number of aliphatic hydroxyl groups is 1. The van der Waals surface area contributed by atoms with E-state index in [-0.39, 0.29) is 23.2 Å². The fourth-order valence-electron chi connectivity index (χ4n) is 2.62. The number of rotatable bonds is 6. The van der Waals surface area contributed by atoms with Crippen LogP contribution in [0.25, 0.3) is 0 Å². The van der Waals surface area contributed by atoms with Crippen LogP contribution in [0.1, 0.15) is 25.7 Å². The summed E-state index contributed by atoms with van der Waals surface area (Å²) in [6, 6.07) is 4.85. The van der Waals surface area contributed by atoms with Crippen LogP contribution >= 0.6 is 0 Å². The van der Waals surface area contributed by atoms with Crippen LogP contribution in [0.15, 0.2) is 29.2 Å². The zero-order valence-corrected chi connectivity index (χ0v) is 12.3. The van der Waals surface area contributed by atoms with Gasteiger partial charge in [-0.1, -0.05) is 0 Å². The van der Waals surface area contributed by atoms with Crippen molar-refractivity contribution in [3.63, 3.8) is 0 Å². The maximum atomic E-state index is 12.6. The maximum Gasteiger partial charge on any atom is 0.269 e. The van der Waals surface area contributed by atoms with E-state index in [1.807, 2.05) is 0 Å². The first-order valence-electron chi connectivity index (χ1n) is 6.84. The van der Waals surface area contributed by atoms with Gasteiger partial charge in [0.25, 0.3) is 5.69 Å². The van der Waals surface area contributed by atoms with Gasteiger partial charge in [0.2, 0.25) is 10.0 Å². The summed E-state index contributed by atoms with van der Waals surface area (Å²) in [4.78, 5) is 10.1. The minimum atomic E-state index is -3.63. The highest BCUT2D eigenvalue weighted by atomic mass is 32.2. The van der Waals surface area contributed by atoms with Crippen LogP contribution in [0.5, 0.6) is 0 Å². The number of sulfonamides is 1. The minimum absolute atomic E-state index is 0.0436. The largest absolute Gasteiger partial charge is 0.396 e. The molecule has 1 fully saturated rings. The summed E-state index contributed by atoms with van der Waals surface area (Å²) >= 11 is 0. The van der Waals surface area contributed by atoms with E-state index in [1.165, 1.54) is 28.6 Å². The van der Waals surface area contributed by atoms with Crippen molar-refractivity contribution in [2.75, 3.05) is 13.2 Å². The van der Waals surface area contributed by atoms with Crippen LogP contribution in [0.3, 0.4) is 0 Å². The van der Waals surface area contributed by atoms with E-state index in [1.54, 1.807) is 0 Å². The third kappa shape index (κ3) is 3.39. The Hall–Kier alpha value is -1.51. The molecular weight excluding hydrogens is 296 g/mol. The lowest BCUT2D eigenvalue weighted by atomic mass is 10.1. The van der Waals surface area contributed by atoms with Crippen LogP contribution in [-0.2, 0) is 10.0 Å². The molecule has 0 radical (unpaired) electrons. The van der Waals surface area contributed by atoms with Crippen LogP contribution < -0.4 is 0 Å². The topological polar surface area (TPSA) is 101 Å². The minimum Gasteiger partial charge on any atom is -0.396 e. The molecule has 0 aliphatic carbocycles. The number of nitro benzene ring substituents is 1. The molecule has 21 heavy (non-hydrogen) atoms. The normalized spacial score (nSPS) is 19.8. The molecule has 116 valence electrons. The van der Waals surface area contributed by atoms with Crippen molar-refractivity contribution in [1.29, 1.82) is 0 Å². The Morgan fingerprint density at radius 3 is 2.57 bits per heavy atom. The van der Waals surface area contributed by atoms with Crippen LogP contribution in [-0.4, -0.2) is 41.9 Å². The number of aliphatic hydroxyl groups excluding tert-OH is 1. The van der Waals surface area contributed by atoms with E-state index in [0.717, 1.165) is 12.8 Å². The SMILES string of the molecule is O=[N+]([O-])c1ccc(S(=O)(=O)N2CCCC2CCCO)cc1. The monoisotopic (exact) mass is 314 g/mol. The van der Waals surface area contributed by atoms with Gasteiger partial charge in [-0.25, -0.2) is 8.42 Å². The molecule has 1 heterocycles. The number of nitrogens with zero attached hydrogens (tertiary/aromatic N) is 2. The molecule has 1 unspecified atom stereocenters. The highest BCUT2D eigenvalue weighted by Gasteiger charge is 2.34. The van der Waals surface area contributed by atoms with E-state index >= 15 is 0 Å². The molecule has 0 aromatic heterocycles. The average Bonchev–Trinajstić information content (AvgIpc) is 2.94. The quantitative estimate of drug-likeness (QED) is 0.633. The average molecular weight is 314 g/mol. The molecule has 1 saturated heterocycles. The zero-order valence-electron chi connectivity index (χ0n) is 11.5. The Morgan fingerprint density at radius 2 is 2.00 bits per heavy atom. The van der Waals surface area contributed by atoms with Crippen molar-refractivity contribution < 1.29 is 18.4 Å². The van der Waals surface area contributed by atoms with Crippen LogP contribution in [0.2, 0.25) is 0 Å². The number of non-ortho nitro benzene ring substituents is 1. The summed E-state index contributed by atoms with van der Waals surface area (Å²) in [5.74, 6) is 0. The lowest BCUT2D eigenvalue weighted by molar-refractivity contribution is -0.384. The lowest BCUT2D eigenvalue weighted by Gasteiger charge is -2.23. The summed E-state index contributed by atoms with van der Waals surface area (Å²) in [5, 5.41) is 19.5. The molecule has 1 aliphatic rings. The maximum absolute atomic E-state index is 12.6. The number of nitro groups is 1. The molecule has 0 bridgehead atoms. The Labute approximate surface area is 123 Å². The van der Waals surface area contributed by atoms with Crippen LogP contribution in [0, 0.1) is 10.1 Å². The van der Waals surface area contributed by atoms with Gasteiger partial charge in [-0.15, -0.1) is 0 Å². The molecule has 1 aromatic carbocycles. The fourth-order valence-corrected chi connectivity index (χ4v) is 4.34. The third-order valence-corrected chi connectivity index (χ3v) is 5.64. The van der Waals surface area contributed by atoms with Crippen molar-refractivity contribution in [2.24, 2.45) is 0 Å². The van der Waals surface area contributed by atoms with Gasteiger partial charge in [-0.2, -0.15) is 4.31 Å². The third-order valence-electron chi connectivity index (χ3n) is 3.67. The molecule has 8 heteroatoms. The van der Waals surface area contributed by atoms with Crippen molar-refractivity contribution >= 4 is 15.7 Å². The van der Waals surface area contributed by atoms with Crippen molar-refractivity contribution in [3.05, 3.63) is 34.4 Å². The zero-order chi connectivity index (χ0) is 15.5. The van der Waals surface area contributed by atoms with Gasteiger partial charge >= 0.3 is 0 Å². The molecule has 1 N–H and O–H groups in total. The summed E-state index contributed by atoms with van der Waals surface area (Å²) in [6.07, 6.45) is 2.77. The van der Waals surface area contributed by atoms with Gasteiger partial charge in [0.15, 0.2) is 0 Å². The Balaban J connectivity index is 2.22. The number of hydrogen-bond donors (Lipinski definition) is 1. The van der Waals surface area contributed by atoms with Crippen molar-refractivity contribution in [1.82, 2.24) is 4.31 Å². The second-order valence-corrected chi connectivity index (χ2v) is 6.92. The highest BCUT2D eigenvalue weighted by Crippen LogP contribution is 2.29. The van der Waals surface area contributed by atoms with Gasteiger partial charge in [-0.05, 0) is 37.8 Å². The molecule has 7 nitrogen and oxygen atoms in total. The van der Waals surface area contributed by atoms with E-state index < -0.39 is 14.9 Å². The first-order valence-corrected chi connectivity index (χ1v) is 8.28. The van der Waals surface area contributed by atoms with Gasteiger partial charge in [0.05, 0.1) is 9.82 Å². The van der Waals surface area contributed by atoms with Gasteiger partial charge in [0, 0.05) is 31.3 Å². The summed E-state index contributed by atoms with van der Waals surface area (Å²) in [7, 11) is -3.63. The van der Waals surface area contributed by atoms with E-state index in [9.17, 15) is 18.5 Å². The van der Waals surface area contributed by atoms with Crippen molar-refractivity contribution in [2.45, 2.75) is 36.6 Å². The summed E-state index contributed by atoms with van der Waals surface area (Å²) in [5.41, 5.74) is -0.132. The molecule has 0 saturated carbocycles. The first-order chi connectivity index (χ1) is 9.96. The van der Waals surface area contributed by atoms with E-state index in [4.69, 9.17) is 5.11 Å². The van der Waals surface area contributed by atoms with Gasteiger partial charge < -0.3 is 5.11 Å². The summed E-state index contributed by atoms with van der Waals surface area (Å²) in [6.45, 7) is 0.497. The fraction of sp³-hybridized carbons (Fsp3) is 0.538. The Bertz CT molecular complexity index is 599. The predicted octanol–water partition coefficient (Wildman–Crippen LogP) is 1.52. The Morgan fingerprint density at radius 1 is 1.33 bits per heavy atom. The van der Waals surface area contributed by atoms with E-state index in [2.05, 4.69) is 0 Å². The molecule has 2 rings (SSSR count). The predicted molar refractivity (Wildman–Crippen MR) is 76.3 cm³/mol. The van der Waals surface area contributed by atoms with Crippen LogP contribution in [0.4, 0.5) is 5.69 Å².